The van der Waals surface area contributed by atoms with Gasteiger partial charge >= 0.3 is 0 Å². The van der Waals surface area contributed by atoms with Gasteiger partial charge in [0.1, 0.15) is 0 Å². The van der Waals surface area contributed by atoms with E-state index in [4.69, 9.17) is 4.74 Å². The van der Waals surface area contributed by atoms with E-state index in [9.17, 15) is 4.79 Å². The van der Waals surface area contributed by atoms with Crippen molar-refractivity contribution in [3.05, 3.63) is 29.3 Å². The normalized spacial score (nSPS) is 19.4. The number of fused-ring (bicyclic) bond motifs is 1. The molecule has 0 aromatic heterocycles. The molecule has 3 rings (SSSR count). The van der Waals surface area contributed by atoms with E-state index in [1.807, 2.05) is 18.2 Å². The molecule has 4 heteroatoms. The van der Waals surface area contributed by atoms with E-state index >= 15 is 0 Å². The van der Waals surface area contributed by atoms with Crippen LogP contribution in [0.5, 0.6) is 0 Å². The van der Waals surface area contributed by atoms with E-state index in [1.165, 1.54) is 11.3 Å². The minimum absolute atomic E-state index is 0.0419. The van der Waals surface area contributed by atoms with Gasteiger partial charge in [-0.15, -0.1) is 0 Å². The largest absolute Gasteiger partial charge is 0.385 e. The fourth-order valence-electron chi connectivity index (χ4n) is 2.73. The molecule has 2 heterocycles. The summed E-state index contributed by atoms with van der Waals surface area (Å²) in [6.45, 7) is 2.53. The van der Waals surface area contributed by atoms with Gasteiger partial charge in [-0.25, -0.2) is 0 Å². The van der Waals surface area contributed by atoms with Gasteiger partial charge in [-0.2, -0.15) is 0 Å². The van der Waals surface area contributed by atoms with Crippen molar-refractivity contribution in [2.75, 3.05) is 25.1 Å². The number of aryl methyl sites for hydroxylation is 1. The zero-order chi connectivity index (χ0) is 13.1. The number of rotatable bonds is 2. The molecule has 0 spiro atoms. The third-order valence-electron chi connectivity index (χ3n) is 3.86. The highest BCUT2D eigenvalue weighted by Gasteiger charge is 2.18. The van der Waals surface area contributed by atoms with E-state index in [0.717, 1.165) is 51.0 Å². The molecule has 0 bridgehead atoms. The zero-order valence-electron chi connectivity index (χ0n) is 11.1. The molecule has 0 atom stereocenters. The van der Waals surface area contributed by atoms with E-state index in [0.29, 0.717) is 0 Å². The molecule has 0 saturated carbocycles. The van der Waals surface area contributed by atoms with Crippen molar-refractivity contribution in [3.63, 3.8) is 0 Å². The van der Waals surface area contributed by atoms with Crippen LogP contribution in [-0.2, 0) is 11.2 Å². The van der Waals surface area contributed by atoms with Gasteiger partial charge < -0.3 is 15.4 Å². The molecular formula is C15H20N2O2. The highest BCUT2D eigenvalue weighted by molar-refractivity contribution is 5.95. The van der Waals surface area contributed by atoms with Crippen molar-refractivity contribution in [2.24, 2.45) is 0 Å². The molecule has 1 saturated heterocycles. The van der Waals surface area contributed by atoms with Gasteiger partial charge in [0.2, 0.25) is 0 Å². The second-order valence-corrected chi connectivity index (χ2v) is 5.26. The van der Waals surface area contributed by atoms with Crippen molar-refractivity contribution in [1.29, 1.82) is 0 Å². The minimum Gasteiger partial charge on any atom is -0.385 e. The number of hydrogen-bond acceptors (Lipinski definition) is 3. The van der Waals surface area contributed by atoms with Crippen molar-refractivity contribution in [2.45, 2.75) is 31.7 Å². The number of ether oxygens (including phenoxy) is 1. The predicted molar refractivity (Wildman–Crippen MR) is 74.6 cm³/mol. The summed E-state index contributed by atoms with van der Waals surface area (Å²) in [5.41, 5.74) is 3.20. The van der Waals surface area contributed by atoms with E-state index in [-0.39, 0.29) is 11.9 Å². The highest BCUT2D eigenvalue weighted by atomic mass is 16.5. The Morgan fingerprint density at radius 1 is 1.32 bits per heavy atom. The molecule has 0 aliphatic carbocycles. The number of benzene rings is 1. The Morgan fingerprint density at radius 2 is 2.16 bits per heavy atom. The molecule has 1 amide bonds. The third kappa shape index (κ3) is 2.89. The second kappa shape index (κ2) is 5.61. The van der Waals surface area contributed by atoms with Crippen LogP contribution in [0.4, 0.5) is 5.69 Å². The van der Waals surface area contributed by atoms with Crippen LogP contribution in [-0.4, -0.2) is 31.7 Å². The van der Waals surface area contributed by atoms with Crippen LogP contribution in [0.2, 0.25) is 0 Å². The lowest BCUT2D eigenvalue weighted by molar-refractivity contribution is 0.0696. The minimum atomic E-state index is 0.0419. The van der Waals surface area contributed by atoms with Gasteiger partial charge in [-0.1, -0.05) is 0 Å². The SMILES string of the molecule is O=C(NC1CCOCC1)c1ccc2c(c1)CCCN2. The Morgan fingerprint density at radius 3 is 3.00 bits per heavy atom. The van der Waals surface area contributed by atoms with Crippen LogP contribution < -0.4 is 10.6 Å². The Hall–Kier alpha value is -1.55. The van der Waals surface area contributed by atoms with Crippen molar-refractivity contribution in [3.8, 4) is 0 Å². The number of amides is 1. The smallest absolute Gasteiger partial charge is 0.251 e. The molecule has 1 fully saturated rings. The number of carbonyl (C=O) groups is 1. The molecule has 2 N–H and O–H groups in total. The molecule has 0 radical (unpaired) electrons. The average Bonchev–Trinajstić information content (AvgIpc) is 2.48. The van der Waals surface area contributed by atoms with Crippen LogP contribution in [0.3, 0.4) is 0 Å². The van der Waals surface area contributed by atoms with Crippen molar-refractivity contribution >= 4 is 11.6 Å². The number of hydrogen-bond donors (Lipinski definition) is 2. The number of anilines is 1. The summed E-state index contributed by atoms with van der Waals surface area (Å²) >= 11 is 0. The van der Waals surface area contributed by atoms with Crippen molar-refractivity contribution < 1.29 is 9.53 Å². The first-order valence-electron chi connectivity index (χ1n) is 7.08. The van der Waals surface area contributed by atoms with Crippen molar-refractivity contribution in [1.82, 2.24) is 5.32 Å². The maximum Gasteiger partial charge on any atom is 0.251 e. The first-order valence-corrected chi connectivity index (χ1v) is 7.08. The summed E-state index contributed by atoms with van der Waals surface area (Å²) in [5.74, 6) is 0.0419. The molecule has 1 aromatic rings. The molecule has 2 aliphatic heterocycles. The standard InChI is InChI=1S/C15H20N2O2/c18-15(17-13-5-8-19-9-6-13)12-3-4-14-11(10-12)2-1-7-16-14/h3-4,10,13,16H,1-2,5-9H2,(H,17,18). The highest BCUT2D eigenvalue weighted by Crippen LogP contribution is 2.23. The summed E-state index contributed by atoms with van der Waals surface area (Å²) in [6.07, 6.45) is 4.02. The van der Waals surface area contributed by atoms with Gasteiger partial charge in [0.05, 0.1) is 0 Å². The van der Waals surface area contributed by atoms with E-state index < -0.39 is 0 Å². The average molecular weight is 260 g/mol. The third-order valence-corrected chi connectivity index (χ3v) is 3.86. The molecule has 0 unspecified atom stereocenters. The second-order valence-electron chi connectivity index (χ2n) is 5.26. The summed E-state index contributed by atoms with van der Waals surface area (Å²) in [7, 11) is 0. The topological polar surface area (TPSA) is 50.4 Å². The monoisotopic (exact) mass is 260 g/mol. The van der Waals surface area contributed by atoms with Gasteiger partial charge in [0, 0.05) is 37.1 Å². The Kier molecular flexibility index (Phi) is 3.69. The number of carbonyl (C=O) groups excluding carboxylic acids is 1. The van der Waals surface area contributed by atoms with Crippen LogP contribution in [0.15, 0.2) is 18.2 Å². The lowest BCUT2D eigenvalue weighted by atomic mass is 10.00. The molecule has 19 heavy (non-hydrogen) atoms. The maximum atomic E-state index is 12.2. The molecular weight excluding hydrogens is 240 g/mol. The van der Waals surface area contributed by atoms with E-state index in [1.54, 1.807) is 0 Å². The first-order chi connectivity index (χ1) is 9.33. The van der Waals surface area contributed by atoms with Crippen LogP contribution >= 0.6 is 0 Å². The van der Waals surface area contributed by atoms with Crippen LogP contribution in [0.1, 0.15) is 35.2 Å². The lowest BCUT2D eigenvalue weighted by Crippen LogP contribution is -2.38. The van der Waals surface area contributed by atoms with Gasteiger partial charge in [0.25, 0.3) is 5.91 Å². The fourth-order valence-corrected chi connectivity index (χ4v) is 2.73. The predicted octanol–water partition coefficient (Wildman–Crippen LogP) is 1.95. The molecule has 102 valence electrons. The molecule has 2 aliphatic rings. The Balaban J connectivity index is 1.69. The lowest BCUT2D eigenvalue weighted by Gasteiger charge is -2.23. The van der Waals surface area contributed by atoms with Gasteiger partial charge in [-0.3, -0.25) is 4.79 Å². The maximum absolute atomic E-state index is 12.2. The first kappa shape index (κ1) is 12.5. The quantitative estimate of drug-likeness (QED) is 0.854. The van der Waals surface area contributed by atoms with Gasteiger partial charge in [0.15, 0.2) is 0 Å². The van der Waals surface area contributed by atoms with Gasteiger partial charge in [-0.05, 0) is 49.4 Å². The molecule has 1 aromatic carbocycles. The zero-order valence-corrected chi connectivity index (χ0v) is 11.1. The summed E-state index contributed by atoms with van der Waals surface area (Å²) in [5, 5.41) is 6.46. The fraction of sp³-hybridized carbons (Fsp3) is 0.533. The van der Waals surface area contributed by atoms with E-state index in [2.05, 4.69) is 10.6 Å². The summed E-state index contributed by atoms with van der Waals surface area (Å²) < 4.78 is 5.30. The Labute approximate surface area is 113 Å². The number of nitrogens with one attached hydrogen (secondary N) is 2. The molecule has 4 nitrogen and oxygen atoms in total. The Bertz CT molecular complexity index is 467. The summed E-state index contributed by atoms with van der Waals surface area (Å²) in [6, 6.07) is 6.21. The van der Waals surface area contributed by atoms with Crippen LogP contribution in [0, 0.1) is 0 Å². The summed E-state index contributed by atoms with van der Waals surface area (Å²) in [4.78, 5) is 12.2. The van der Waals surface area contributed by atoms with Crippen LogP contribution in [0.25, 0.3) is 0 Å².